The third-order valence-electron chi connectivity index (χ3n) is 2.69. The fourth-order valence-corrected chi connectivity index (χ4v) is 1.67. The van der Waals surface area contributed by atoms with Crippen LogP contribution in [-0.4, -0.2) is 23.9 Å². The Balaban J connectivity index is 2.94. The quantitative estimate of drug-likeness (QED) is 0.786. The average molecular weight is 246 g/mol. The maximum absolute atomic E-state index is 12.3. The summed E-state index contributed by atoms with van der Waals surface area (Å²) in [5.41, 5.74) is 12.7. The Morgan fingerprint density at radius 2 is 2.17 bits per heavy atom. The summed E-state index contributed by atoms with van der Waals surface area (Å²) >= 11 is 0. The topological polar surface area (TPSA) is 96.1 Å². The van der Waals surface area contributed by atoms with Crippen LogP contribution < -0.4 is 11.5 Å². The van der Waals surface area contributed by atoms with Gasteiger partial charge in [-0.05, 0) is 32.0 Å². The number of carbonyl (C=O) groups excluding carboxylic acids is 1. The highest BCUT2D eigenvalue weighted by Gasteiger charge is 2.18. The number of carbonyl (C=O) groups is 1. The van der Waals surface area contributed by atoms with Gasteiger partial charge >= 0.3 is 0 Å². The Bertz CT molecular complexity index is 478. The Morgan fingerprint density at radius 1 is 1.50 bits per heavy atom. The fraction of sp³-hybridized carbons (Fsp3) is 0.385. The number of amides is 1. The second-order valence-corrected chi connectivity index (χ2v) is 4.22. The van der Waals surface area contributed by atoms with Gasteiger partial charge in [-0.25, -0.2) is 0 Å². The second kappa shape index (κ2) is 5.92. The van der Waals surface area contributed by atoms with Gasteiger partial charge < -0.3 is 16.4 Å². The highest BCUT2D eigenvalue weighted by molar-refractivity contribution is 5.99. The fourth-order valence-electron chi connectivity index (χ4n) is 1.67. The normalized spacial score (nSPS) is 11.6. The van der Waals surface area contributed by atoms with Crippen molar-refractivity contribution >= 4 is 17.3 Å². The first-order valence-corrected chi connectivity index (χ1v) is 5.83. The summed E-state index contributed by atoms with van der Waals surface area (Å²) in [6.45, 7) is 4.59. The van der Waals surface area contributed by atoms with Gasteiger partial charge in [-0.15, -0.1) is 0 Å². The summed E-state index contributed by atoms with van der Waals surface area (Å²) < 4.78 is 0. The minimum absolute atomic E-state index is 0.169. The number of benzene rings is 1. The van der Waals surface area contributed by atoms with E-state index in [2.05, 4.69) is 6.07 Å². The molecule has 0 bridgehead atoms. The van der Waals surface area contributed by atoms with Crippen molar-refractivity contribution in [2.45, 2.75) is 13.8 Å². The second-order valence-electron chi connectivity index (χ2n) is 4.22. The lowest BCUT2D eigenvalue weighted by molar-refractivity contribution is 0.0754. The van der Waals surface area contributed by atoms with E-state index in [0.29, 0.717) is 30.0 Å². The van der Waals surface area contributed by atoms with Gasteiger partial charge in [0.25, 0.3) is 5.91 Å². The molecule has 1 rings (SSSR count). The molecule has 0 aromatic heterocycles. The maximum atomic E-state index is 12.3. The number of anilines is 2. The van der Waals surface area contributed by atoms with E-state index in [1.807, 2.05) is 6.92 Å². The van der Waals surface area contributed by atoms with Crippen LogP contribution in [-0.2, 0) is 0 Å². The Labute approximate surface area is 107 Å². The summed E-state index contributed by atoms with van der Waals surface area (Å²) in [6, 6.07) is 6.94. The highest BCUT2D eigenvalue weighted by Crippen LogP contribution is 2.18. The molecule has 18 heavy (non-hydrogen) atoms. The minimum atomic E-state index is -0.205. The van der Waals surface area contributed by atoms with Crippen molar-refractivity contribution in [1.29, 1.82) is 5.26 Å². The number of nitrogens with two attached hydrogens (primary N) is 2. The van der Waals surface area contributed by atoms with Gasteiger partial charge in [-0.3, -0.25) is 4.79 Å². The van der Waals surface area contributed by atoms with Gasteiger partial charge in [-0.1, -0.05) is 0 Å². The molecule has 0 aliphatic rings. The lowest BCUT2D eigenvalue weighted by atomic mass is 10.1. The molecule has 96 valence electrons. The van der Waals surface area contributed by atoms with Crippen molar-refractivity contribution in [3.8, 4) is 6.07 Å². The van der Waals surface area contributed by atoms with Crippen molar-refractivity contribution in [1.82, 2.24) is 4.90 Å². The predicted octanol–water partition coefficient (Wildman–Crippen LogP) is 1.47. The van der Waals surface area contributed by atoms with Crippen molar-refractivity contribution in [3.63, 3.8) is 0 Å². The van der Waals surface area contributed by atoms with E-state index in [1.54, 1.807) is 30.0 Å². The Kier molecular flexibility index (Phi) is 4.55. The first-order chi connectivity index (χ1) is 8.49. The zero-order valence-corrected chi connectivity index (χ0v) is 10.7. The van der Waals surface area contributed by atoms with Crippen LogP contribution in [0.4, 0.5) is 11.4 Å². The number of nitrogen functional groups attached to an aromatic ring is 2. The highest BCUT2D eigenvalue weighted by atomic mass is 16.2. The van der Waals surface area contributed by atoms with Gasteiger partial charge in [0, 0.05) is 24.5 Å². The van der Waals surface area contributed by atoms with Gasteiger partial charge in [0.1, 0.15) is 0 Å². The van der Waals surface area contributed by atoms with E-state index in [9.17, 15) is 4.79 Å². The summed E-state index contributed by atoms with van der Waals surface area (Å²) in [7, 11) is 0. The molecule has 1 aromatic rings. The molecule has 5 heteroatoms. The van der Waals surface area contributed by atoms with Crippen molar-refractivity contribution in [2.75, 3.05) is 24.6 Å². The van der Waals surface area contributed by atoms with Crippen molar-refractivity contribution in [3.05, 3.63) is 23.8 Å². The van der Waals surface area contributed by atoms with E-state index < -0.39 is 0 Å². The van der Waals surface area contributed by atoms with Crippen LogP contribution in [0.5, 0.6) is 0 Å². The van der Waals surface area contributed by atoms with E-state index >= 15 is 0 Å². The molecule has 0 saturated heterocycles. The van der Waals surface area contributed by atoms with Crippen LogP contribution in [0.2, 0.25) is 0 Å². The monoisotopic (exact) mass is 246 g/mol. The van der Waals surface area contributed by atoms with Gasteiger partial charge in [0.15, 0.2) is 0 Å². The van der Waals surface area contributed by atoms with E-state index in [-0.39, 0.29) is 11.8 Å². The third-order valence-corrected chi connectivity index (χ3v) is 2.69. The molecule has 1 amide bonds. The van der Waals surface area contributed by atoms with Gasteiger partial charge in [0.2, 0.25) is 0 Å². The molecule has 0 fully saturated rings. The van der Waals surface area contributed by atoms with Crippen molar-refractivity contribution < 1.29 is 4.79 Å². The zero-order chi connectivity index (χ0) is 13.7. The molecule has 5 nitrogen and oxygen atoms in total. The van der Waals surface area contributed by atoms with Gasteiger partial charge in [0.05, 0.1) is 17.6 Å². The molecular weight excluding hydrogens is 228 g/mol. The van der Waals surface area contributed by atoms with Crippen LogP contribution >= 0.6 is 0 Å². The summed E-state index contributed by atoms with van der Waals surface area (Å²) in [5.74, 6) is -0.374. The molecule has 0 aliphatic carbocycles. The van der Waals surface area contributed by atoms with Crippen molar-refractivity contribution in [2.24, 2.45) is 5.92 Å². The SMILES string of the molecule is CCN(CC(C)C#N)C(=O)c1ccc(N)cc1N. The number of hydrogen-bond acceptors (Lipinski definition) is 4. The molecule has 1 atom stereocenters. The summed E-state index contributed by atoms with van der Waals surface area (Å²) in [4.78, 5) is 13.9. The maximum Gasteiger partial charge on any atom is 0.255 e. The largest absolute Gasteiger partial charge is 0.399 e. The molecule has 0 radical (unpaired) electrons. The molecule has 0 saturated carbocycles. The van der Waals surface area contributed by atoms with Crippen LogP contribution in [0.1, 0.15) is 24.2 Å². The average Bonchev–Trinajstić information content (AvgIpc) is 2.34. The minimum Gasteiger partial charge on any atom is -0.399 e. The molecule has 4 N–H and O–H groups in total. The predicted molar refractivity (Wildman–Crippen MR) is 71.6 cm³/mol. The molecule has 0 heterocycles. The van der Waals surface area contributed by atoms with E-state index in [0.717, 1.165) is 0 Å². The van der Waals surface area contributed by atoms with Gasteiger partial charge in [-0.2, -0.15) is 5.26 Å². The molecular formula is C13H18N4O. The summed E-state index contributed by atoms with van der Waals surface area (Å²) in [6.07, 6.45) is 0. The number of nitriles is 1. The van der Waals surface area contributed by atoms with Crippen LogP contribution in [0.15, 0.2) is 18.2 Å². The lowest BCUT2D eigenvalue weighted by Crippen LogP contribution is -2.34. The number of rotatable bonds is 4. The smallest absolute Gasteiger partial charge is 0.255 e. The molecule has 1 aromatic carbocycles. The number of hydrogen-bond donors (Lipinski definition) is 2. The first kappa shape index (κ1) is 13.8. The first-order valence-electron chi connectivity index (χ1n) is 5.83. The standard InChI is InChI=1S/C13H18N4O/c1-3-17(8-9(2)7-14)13(18)11-5-4-10(15)6-12(11)16/h4-6,9H,3,8,15-16H2,1-2H3. The van der Waals surface area contributed by atoms with E-state index in [4.69, 9.17) is 16.7 Å². The Hall–Kier alpha value is -2.22. The molecule has 1 unspecified atom stereocenters. The van der Waals surface area contributed by atoms with Crippen LogP contribution in [0.25, 0.3) is 0 Å². The molecule has 0 aliphatic heterocycles. The lowest BCUT2D eigenvalue weighted by Gasteiger charge is -2.22. The number of nitrogens with zero attached hydrogens (tertiary/aromatic N) is 2. The van der Waals surface area contributed by atoms with Crippen LogP contribution in [0, 0.1) is 17.2 Å². The Morgan fingerprint density at radius 3 is 2.67 bits per heavy atom. The van der Waals surface area contributed by atoms with E-state index in [1.165, 1.54) is 0 Å². The summed E-state index contributed by atoms with van der Waals surface area (Å²) in [5, 5.41) is 8.79. The molecule has 0 spiro atoms. The van der Waals surface area contributed by atoms with Crippen LogP contribution in [0.3, 0.4) is 0 Å². The third kappa shape index (κ3) is 3.14. The zero-order valence-electron chi connectivity index (χ0n) is 10.7.